The summed E-state index contributed by atoms with van der Waals surface area (Å²) in [5.74, 6) is 0.453. The van der Waals surface area contributed by atoms with E-state index in [0.717, 1.165) is 25.7 Å². The number of aromatic nitrogens is 3. The molecule has 0 radical (unpaired) electrons. The monoisotopic (exact) mass is 197 g/mol. The Balaban J connectivity index is 2.24. The molecule has 2 rings (SSSR count). The summed E-state index contributed by atoms with van der Waals surface area (Å²) in [6.45, 7) is 0. The van der Waals surface area contributed by atoms with Crippen LogP contribution in [0.2, 0.25) is 0 Å². The first-order valence-electron chi connectivity index (χ1n) is 4.84. The minimum Gasteiger partial charge on any atom is -0.391 e. The van der Waals surface area contributed by atoms with Crippen LogP contribution in [0.4, 0.5) is 11.9 Å². The first-order chi connectivity index (χ1) is 6.68. The van der Waals surface area contributed by atoms with Crippen LogP contribution in [0, 0.1) is 0 Å². The lowest BCUT2D eigenvalue weighted by Gasteiger charge is -2.27. The summed E-state index contributed by atoms with van der Waals surface area (Å²) in [5, 5.41) is 13.8. The predicted molar refractivity (Wildman–Crippen MR) is 52.4 cm³/mol. The van der Waals surface area contributed by atoms with E-state index < -0.39 is 0 Å². The Morgan fingerprint density at radius 2 is 2.00 bits per heavy atom. The Morgan fingerprint density at radius 3 is 2.57 bits per heavy atom. The molecule has 0 bridgehead atoms. The lowest BCUT2D eigenvalue weighted by atomic mass is 9.93. The number of nitrogens with zero attached hydrogens (tertiary/aromatic N) is 3. The highest BCUT2D eigenvalue weighted by Gasteiger charge is 2.27. The van der Waals surface area contributed by atoms with E-state index in [1.165, 1.54) is 0 Å². The molecule has 1 aromatic heterocycles. The maximum atomic E-state index is 9.77. The maximum Gasteiger partial charge on any atom is 0.241 e. The standard InChI is InChI=1S/C8H15N5O/c9-7-11-8(10)13(12-7)5-3-1-2-4-6(5)14/h5-6,14H,1-4H2,(H4,9,10,11,12). The minimum atomic E-state index is -0.382. The van der Waals surface area contributed by atoms with Crippen molar-refractivity contribution in [3.05, 3.63) is 0 Å². The summed E-state index contributed by atoms with van der Waals surface area (Å²) in [5.41, 5.74) is 11.1. The number of hydrogen-bond acceptors (Lipinski definition) is 5. The normalized spacial score (nSPS) is 27.8. The molecule has 78 valence electrons. The average Bonchev–Trinajstić information content (AvgIpc) is 2.46. The van der Waals surface area contributed by atoms with Gasteiger partial charge in [-0.3, -0.25) is 0 Å². The molecule has 1 aliphatic rings. The van der Waals surface area contributed by atoms with E-state index in [1.54, 1.807) is 4.68 Å². The van der Waals surface area contributed by atoms with Gasteiger partial charge in [-0.25, -0.2) is 4.68 Å². The van der Waals surface area contributed by atoms with Crippen LogP contribution in [-0.2, 0) is 0 Å². The third-order valence-electron chi connectivity index (χ3n) is 2.68. The molecule has 6 heteroatoms. The number of rotatable bonds is 1. The van der Waals surface area contributed by atoms with Crippen molar-refractivity contribution in [3.8, 4) is 0 Å². The van der Waals surface area contributed by atoms with Gasteiger partial charge >= 0.3 is 0 Å². The Labute approximate surface area is 81.9 Å². The summed E-state index contributed by atoms with van der Waals surface area (Å²) in [4.78, 5) is 3.82. The van der Waals surface area contributed by atoms with Crippen molar-refractivity contribution in [2.45, 2.75) is 37.8 Å². The molecule has 0 aliphatic heterocycles. The Morgan fingerprint density at radius 1 is 1.29 bits per heavy atom. The highest BCUT2D eigenvalue weighted by Crippen LogP contribution is 2.29. The largest absolute Gasteiger partial charge is 0.391 e. The zero-order chi connectivity index (χ0) is 10.1. The summed E-state index contributed by atoms with van der Waals surface area (Å²) in [6, 6.07) is -0.0615. The molecule has 5 N–H and O–H groups in total. The van der Waals surface area contributed by atoms with Crippen LogP contribution in [0.3, 0.4) is 0 Å². The number of hydrogen-bond donors (Lipinski definition) is 3. The van der Waals surface area contributed by atoms with Gasteiger partial charge in [0.1, 0.15) is 0 Å². The zero-order valence-electron chi connectivity index (χ0n) is 7.93. The molecule has 6 nitrogen and oxygen atoms in total. The minimum absolute atomic E-state index is 0.0615. The summed E-state index contributed by atoms with van der Waals surface area (Å²) in [6.07, 6.45) is 3.44. The molecule has 2 atom stereocenters. The first-order valence-corrected chi connectivity index (χ1v) is 4.84. The van der Waals surface area contributed by atoms with Gasteiger partial charge in [-0.2, -0.15) is 4.98 Å². The highest BCUT2D eigenvalue weighted by atomic mass is 16.3. The second-order valence-electron chi connectivity index (χ2n) is 3.69. The van der Waals surface area contributed by atoms with E-state index in [0.29, 0.717) is 0 Å². The molecular formula is C8H15N5O. The lowest BCUT2D eigenvalue weighted by molar-refractivity contribution is 0.0706. The molecule has 1 saturated carbocycles. The van der Waals surface area contributed by atoms with Crippen LogP contribution < -0.4 is 11.5 Å². The van der Waals surface area contributed by atoms with E-state index in [1.807, 2.05) is 0 Å². The van der Waals surface area contributed by atoms with E-state index in [9.17, 15) is 5.11 Å². The van der Waals surface area contributed by atoms with Crippen molar-refractivity contribution in [3.63, 3.8) is 0 Å². The van der Waals surface area contributed by atoms with Crippen LogP contribution in [0.1, 0.15) is 31.7 Å². The molecule has 0 saturated heterocycles. The van der Waals surface area contributed by atoms with Crippen LogP contribution in [0.25, 0.3) is 0 Å². The van der Waals surface area contributed by atoms with Gasteiger partial charge < -0.3 is 16.6 Å². The van der Waals surface area contributed by atoms with Crippen LogP contribution in [0.15, 0.2) is 0 Å². The number of anilines is 2. The number of nitrogen functional groups attached to an aromatic ring is 2. The number of aliphatic hydroxyl groups excluding tert-OH is 1. The molecule has 1 aromatic rings. The molecular weight excluding hydrogens is 182 g/mol. The molecule has 1 fully saturated rings. The molecule has 1 heterocycles. The van der Waals surface area contributed by atoms with Crippen LogP contribution >= 0.6 is 0 Å². The lowest BCUT2D eigenvalue weighted by Crippen LogP contribution is -2.29. The number of aliphatic hydroxyl groups is 1. The van der Waals surface area contributed by atoms with Gasteiger partial charge in [0.25, 0.3) is 0 Å². The van der Waals surface area contributed by atoms with Gasteiger partial charge in [-0.05, 0) is 12.8 Å². The quantitative estimate of drug-likeness (QED) is 0.584. The molecule has 14 heavy (non-hydrogen) atoms. The Hall–Kier alpha value is -1.30. The second-order valence-corrected chi connectivity index (χ2v) is 3.69. The zero-order valence-corrected chi connectivity index (χ0v) is 7.93. The predicted octanol–water partition coefficient (Wildman–Crippen LogP) is -0.0815. The molecule has 1 aliphatic carbocycles. The topological polar surface area (TPSA) is 103 Å². The summed E-state index contributed by atoms with van der Waals surface area (Å²) in [7, 11) is 0. The van der Waals surface area contributed by atoms with Crippen molar-refractivity contribution >= 4 is 11.9 Å². The van der Waals surface area contributed by atoms with Gasteiger partial charge in [0.2, 0.25) is 11.9 Å². The number of nitrogens with two attached hydrogens (primary N) is 2. The average molecular weight is 197 g/mol. The van der Waals surface area contributed by atoms with Crippen molar-refractivity contribution in [1.29, 1.82) is 0 Å². The first kappa shape index (κ1) is 9.26. The fourth-order valence-electron chi connectivity index (χ4n) is 1.97. The third kappa shape index (κ3) is 1.52. The summed E-state index contributed by atoms with van der Waals surface area (Å²) >= 11 is 0. The van der Waals surface area contributed by atoms with E-state index in [4.69, 9.17) is 11.5 Å². The molecule has 0 aromatic carbocycles. The Kier molecular flexibility index (Phi) is 2.28. The van der Waals surface area contributed by atoms with Crippen LogP contribution in [-0.4, -0.2) is 26.0 Å². The van der Waals surface area contributed by atoms with E-state index in [2.05, 4.69) is 10.1 Å². The SMILES string of the molecule is Nc1nc(N)n(C2CCCCC2O)n1. The maximum absolute atomic E-state index is 9.77. The van der Waals surface area contributed by atoms with Gasteiger partial charge in [0.15, 0.2) is 0 Å². The highest BCUT2D eigenvalue weighted by molar-refractivity contribution is 5.27. The van der Waals surface area contributed by atoms with Crippen molar-refractivity contribution in [2.24, 2.45) is 0 Å². The van der Waals surface area contributed by atoms with Crippen molar-refractivity contribution < 1.29 is 5.11 Å². The van der Waals surface area contributed by atoms with Gasteiger partial charge in [0, 0.05) is 0 Å². The van der Waals surface area contributed by atoms with E-state index in [-0.39, 0.29) is 24.0 Å². The van der Waals surface area contributed by atoms with Gasteiger partial charge in [-0.1, -0.05) is 12.8 Å². The van der Waals surface area contributed by atoms with E-state index >= 15 is 0 Å². The Bertz CT molecular complexity index is 324. The van der Waals surface area contributed by atoms with Gasteiger partial charge in [0.05, 0.1) is 12.1 Å². The fraction of sp³-hybridized carbons (Fsp3) is 0.750. The fourth-order valence-corrected chi connectivity index (χ4v) is 1.97. The summed E-state index contributed by atoms with van der Waals surface area (Å²) < 4.78 is 1.54. The molecule has 0 amide bonds. The molecule has 0 spiro atoms. The van der Waals surface area contributed by atoms with Crippen LogP contribution in [0.5, 0.6) is 0 Å². The van der Waals surface area contributed by atoms with Gasteiger partial charge in [-0.15, -0.1) is 5.10 Å². The smallest absolute Gasteiger partial charge is 0.241 e. The molecule has 2 unspecified atom stereocenters. The van der Waals surface area contributed by atoms with Crippen molar-refractivity contribution in [2.75, 3.05) is 11.5 Å². The van der Waals surface area contributed by atoms with Crippen molar-refractivity contribution in [1.82, 2.24) is 14.8 Å². The second kappa shape index (κ2) is 3.45. The third-order valence-corrected chi connectivity index (χ3v) is 2.68.